The molecule has 6 heteroatoms. The fourth-order valence-corrected chi connectivity index (χ4v) is 3.01. The van der Waals surface area contributed by atoms with Crippen molar-refractivity contribution in [1.82, 2.24) is 9.78 Å². The van der Waals surface area contributed by atoms with Gasteiger partial charge in [-0.2, -0.15) is 5.10 Å². The Labute approximate surface area is 127 Å². The summed E-state index contributed by atoms with van der Waals surface area (Å²) in [5.74, 6) is 0. The molecule has 20 heavy (non-hydrogen) atoms. The van der Waals surface area contributed by atoms with Crippen LogP contribution in [0, 0.1) is 0 Å². The predicted octanol–water partition coefficient (Wildman–Crippen LogP) is 2.52. The van der Waals surface area contributed by atoms with E-state index in [9.17, 15) is 9.90 Å². The van der Waals surface area contributed by atoms with E-state index < -0.39 is 0 Å². The third-order valence-electron chi connectivity index (χ3n) is 3.74. The van der Waals surface area contributed by atoms with Gasteiger partial charge < -0.3 is 10.4 Å². The molecule has 1 fully saturated rings. The van der Waals surface area contributed by atoms with Gasteiger partial charge in [0.2, 0.25) is 0 Å². The third-order valence-corrected chi connectivity index (χ3v) is 4.51. The third kappa shape index (κ3) is 3.61. The highest BCUT2D eigenvalue weighted by atomic mass is 79.9. The largest absolute Gasteiger partial charge is 0.391 e. The van der Waals surface area contributed by atoms with Gasteiger partial charge in [0.25, 0.3) is 5.56 Å². The van der Waals surface area contributed by atoms with Crippen LogP contribution in [0.2, 0.25) is 0 Å². The van der Waals surface area contributed by atoms with Crippen molar-refractivity contribution in [1.29, 1.82) is 0 Å². The molecule has 0 saturated heterocycles. The molecule has 112 valence electrons. The molecule has 1 aliphatic rings. The topological polar surface area (TPSA) is 67.2 Å². The monoisotopic (exact) mass is 343 g/mol. The SMILES string of the molecule is CCCn1ncc(NC2CCCCCC2O)c(Br)c1=O. The van der Waals surface area contributed by atoms with Gasteiger partial charge in [0.1, 0.15) is 4.47 Å². The molecule has 0 bridgehead atoms. The van der Waals surface area contributed by atoms with Crippen LogP contribution >= 0.6 is 15.9 Å². The standard InChI is InChI=1S/C14H22BrN3O2/c1-2-8-18-14(20)13(15)11(9-16-18)17-10-6-4-3-5-7-12(10)19/h9-10,12,17,19H,2-8H2,1H3. The van der Waals surface area contributed by atoms with Crippen molar-refractivity contribution in [3.63, 3.8) is 0 Å². The molecule has 0 aliphatic heterocycles. The van der Waals surface area contributed by atoms with Crippen LogP contribution in [0.4, 0.5) is 5.69 Å². The summed E-state index contributed by atoms with van der Waals surface area (Å²) in [5, 5.41) is 17.6. The second-order valence-electron chi connectivity index (χ2n) is 5.36. The number of aryl methyl sites for hydroxylation is 1. The number of rotatable bonds is 4. The van der Waals surface area contributed by atoms with E-state index in [4.69, 9.17) is 0 Å². The minimum atomic E-state index is -0.359. The van der Waals surface area contributed by atoms with Gasteiger partial charge in [0.15, 0.2) is 0 Å². The van der Waals surface area contributed by atoms with Crippen molar-refractivity contribution >= 4 is 21.6 Å². The highest BCUT2D eigenvalue weighted by Crippen LogP contribution is 2.24. The van der Waals surface area contributed by atoms with E-state index in [-0.39, 0.29) is 17.7 Å². The van der Waals surface area contributed by atoms with Crippen molar-refractivity contribution < 1.29 is 5.11 Å². The Morgan fingerprint density at radius 2 is 2.20 bits per heavy atom. The van der Waals surface area contributed by atoms with E-state index in [2.05, 4.69) is 26.3 Å². The normalized spacial score (nSPS) is 23.4. The van der Waals surface area contributed by atoms with Crippen LogP contribution in [0.3, 0.4) is 0 Å². The number of aliphatic hydroxyl groups excluding tert-OH is 1. The van der Waals surface area contributed by atoms with Crippen molar-refractivity contribution in [3.8, 4) is 0 Å². The summed E-state index contributed by atoms with van der Waals surface area (Å²) >= 11 is 3.35. The molecular formula is C14H22BrN3O2. The lowest BCUT2D eigenvalue weighted by Crippen LogP contribution is -2.34. The van der Waals surface area contributed by atoms with Crippen LogP contribution in [0.5, 0.6) is 0 Å². The van der Waals surface area contributed by atoms with Gasteiger partial charge >= 0.3 is 0 Å². The first-order valence-corrected chi connectivity index (χ1v) is 8.13. The predicted molar refractivity (Wildman–Crippen MR) is 83.0 cm³/mol. The molecule has 2 atom stereocenters. The quantitative estimate of drug-likeness (QED) is 0.824. The molecule has 2 rings (SSSR count). The van der Waals surface area contributed by atoms with Crippen molar-refractivity contribution in [3.05, 3.63) is 21.0 Å². The summed E-state index contributed by atoms with van der Waals surface area (Å²) in [7, 11) is 0. The smallest absolute Gasteiger partial charge is 0.283 e. The van der Waals surface area contributed by atoms with E-state index >= 15 is 0 Å². The molecule has 1 aromatic heterocycles. The van der Waals surface area contributed by atoms with Crippen LogP contribution in [0.1, 0.15) is 45.4 Å². The summed E-state index contributed by atoms with van der Waals surface area (Å²) < 4.78 is 1.95. The maximum atomic E-state index is 12.1. The lowest BCUT2D eigenvalue weighted by molar-refractivity contribution is 0.144. The van der Waals surface area contributed by atoms with Gasteiger partial charge in [-0.1, -0.05) is 26.2 Å². The minimum absolute atomic E-state index is 0.00275. The van der Waals surface area contributed by atoms with E-state index in [1.807, 2.05) is 6.92 Å². The fourth-order valence-electron chi connectivity index (χ4n) is 2.59. The molecule has 0 spiro atoms. The zero-order valence-electron chi connectivity index (χ0n) is 11.8. The van der Waals surface area contributed by atoms with E-state index in [1.54, 1.807) is 6.20 Å². The van der Waals surface area contributed by atoms with Crippen LogP contribution in [0.15, 0.2) is 15.5 Å². The Bertz CT molecular complexity index is 504. The summed E-state index contributed by atoms with van der Waals surface area (Å²) in [4.78, 5) is 12.1. The first-order valence-electron chi connectivity index (χ1n) is 7.33. The molecule has 0 aromatic carbocycles. The molecule has 0 radical (unpaired) electrons. The fraction of sp³-hybridized carbons (Fsp3) is 0.714. The van der Waals surface area contributed by atoms with Gasteiger partial charge in [-0.05, 0) is 35.2 Å². The Morgan fingerprint density at radius 1 is 1.45 bits per heavy atom. The number of aliphatic hydroxyl groups is 1. The van der Waals surface area contributed by atoms with E-state index in [0.717, 1.165) is 38.5 Å². The van der Waals surface area contributed by atoms with Gasteiger partial charge in [-0.3, -0.25) is 4.79 Å². The second kappa shape index (κ2) is 7.22. The Morgan fingerprint density at radius 3 is 2.95 bits per heavy atom. The summed E-state index contributed by atoms with van der Waals surface area (Å²) in [6.45, 7) is 2.62. The number of hydrogen-bond acceptors (Lipinski definition) is 4. The van der Waals surface area contributed by atoms with Crippen molar-refractivity contribution in [2.75, 3.05) is 5.32 Å². The van der Waals surface area contributed by atoms with Gasteiger partial charge in [0, 0.05) is 6.54 Å². The van der Waals surface area contributed by atoms with Gasteiger partial charge in [-0.25, -0.2) is 4.68 Å². The summed E-state index contributed by atoms with van der Waals surface area (Å²) in [5.41, 5.74) is 0.549. The Kier molecular flexibility index (Phi) is 5.60. The molecular weight excluding hydrogens is 322 g/mol. The minimum Gasteiger partial charge on any atom is -0.391 e. The first kappa shape index (κ1) is 15.5. The summed E-state index contributed by atoms with van der Waals surface area (Å²) in [6.07, 6.45) is 7.24. The van der Waals surface area contributed by atoms with Crippen LogP contribution in [0.25, 0.3) is 0 Å². The van der Waals surface area contributed by atoms with Gasteiger partial charge in [-0.15, -0.1) is 0 Å². The molecule has 1 heterocycles. The van der Waals surface area contributed by atoms with Crippen LogP contribution in [-0.2, 0) is 6.54 Å². The molecule has 2 unspecified atom stereocenters. The lowest BCUT2D eigenvalue weighted by atomic mass is 10.1. The second-order valence-corrected chi connectivity index (χ2v) is 6.15. The molecule has 1 saturated carbocycles. The zero-order chi connectivity index (χ0) is 14.5. The van der Waals surface area contributed by atoms with Gasteiger partial charge in [0.05, 0.1) is 24.0 Å². The van der Waals surface area contributed by atoms with E-state index in [1.165, 1.54) is 4.68 Å². The number of aromatic nitrogens is 2. The maximum Gasteiger partial charge on any atom is 0.283 e. The number of nitrogens with one attached hydrogen (secondary N) is 1. The molecule has 1 aromatic rings. The number of halogens is 1. The van der Waals surface area contributed by atoms with Crippen LogP contribution in [-0.4, -0.2) is 27.0 Å². The molecule has 5 nitrogen and oxygen atoms in total. The first-order chi connectivity index (χ1) is 9.63. The van der Waals surface area contributed by atoms with Crippen molar-refractivity contribution in [2.24, 2.45) is 0 Å². The number of nitrogens with zero attached hydrogens (tertiary/aromatic N) is 2. The van der Waals surface area contributed by atoms with E-state index in [0.29, 0.717) is 16.7 Å². The highest BCUT2D eigenvalue weighted by molar-refractivity contribution is 9.10. The van der Waals surface area contributed by atoms with Crippen LogP contribution < -0.4 is 10.9 Å². The number of hydrogen-bond donors (Lipinski definition) is 2. The lowest BCUT2D eigenvalue weighted by Gasteiger charge is -2.23. The molecule has 1 aliphatic carbocycles. The van der Waals surface area contributed by atoms with Crippen molar-refractivity contribution in [2.45, 2.75) is 64.1 Å². The highest BCUT2D eigenvalue weighted by Gasteiger charge is 2.22. The average molecular weight is 344 g/mol. The maximum absolute atomic E-state index is 12.1. The zero-order valence-corrected chi connectivity index (χ0v) is 13.4. The number of anilines is 1. The Hall–Kier alpha value is -0.880. The molecule has 0 amide bonds. The molecule has 2 N–H and O–H groups in total. The summed E-state index contributed by atoms with van der Waals surface area (Å²) in [6, 6.07) is -0.00275. The Balaban J connectivity index is 2.16. The average Bonchev–Trinajstić information content (AvgIpc) is 2.64.